The zero-order valence-corrected chi connectivity index (χ0v) is 49.0. The zero-order chi connectivity index (χ0) is 60.9. The third kappa shape index (κ3) is 12.3. The number of anilines is 3. The monoisotopic (exact) mass is 1200 g/mol. The summed E-state index contributed by atoms with van der Waals surface area (Å²) in [6.07, 6.45) is 2.34. The van der Waals surface area contributed by atoms with Crippen LogP contribution in [0.1, 0.15) is 92.5 Å². The molecular weight excluding hydrogens is 1130 g/mol. The van der Waals surface area contributed by atoms with Crippen molar-refractivity contribution in [1.29, 1.82) is 0 Å². The van der Waals surface area contributed by atoms with Gasteiger partial charge in [0.15, 0.2) is 16.9 Å². The van der Waals surface area contributed by atoms with Gasteiger partial charge in [0.25, 0.3) is 0 Å². The molecule has 86 heavy (non-hydrogen) atoms. The van der Waals surface area contributed by atoms with Gasteiger partial charge in [-0.3, -0.25) is 19.7 Å². The summed E-state index contributed by atoms with van der Waals surface area (Å²) in [6, 6.07) is 21.4. The number of aromatic nitrogens is 4. The van der Waals surface area contributed by atoms with Crippen LogP contribution in [0.3, 0.4) is 0 Å². The molecular formula is C62H71N9O14S. The van der Waals surface area contributed by atoms with Crippen molar-refractivity contribution < 1.29 is 68.5 Å². The molecule has 4 aliphatic carbocycles. The number of amides is 4. The van der Waals surface area contributed by atoms with E-state index in [0.29, 0.717) is 46.2 Å². The zero-order valence-electron chi connectivity index (χ0n) is 48.2. The highest BCUT2D eigenvalue weighted by Gasteiger charge is 2.66. The molecule has 6 aliphatic rings. The number of urea groups is 1. The first-order chi connectivity index (χ1) is 41.0. The third-order valence-electron chi connectivity index (χ3n) is 17.3. The van der Waals surface area contributed by atoms with Crippen molar-refractivity contribution in [3.63, 3.8) is 0 Å². The number of carboxylic acid groups (broad SMARTS) is 2. The molecule has 5 fully saturated rings. The number of rotatable bonds is 19. The minimum atomic E-state index is -1.92. The van der Waals surface area contributed by atoms with E-state index in [1.165, 1.54) is 28.4 Å². The topological polar surface area (TPSA) is 324 Å². The van der Waals surface area contributed by atoms with Crippen molar-refractivity contribution in [2.45, 2.75) is 121 Å². The maximum atomic E-state index is 13.8. The molecule has 2 unspecified atom stereocenters. The number of aliphatic carboxylic acids is 1. The first-order valence-electron chi connectivity index (χ1n) is 28.8. The molecule has 4 saturated carbocycles. The van der Waals surface area contributed by atoms with Crippen molar-refractivity contribution in [2.75, 3.05) is 55.4 Å². The van der Waals surface area contributed by atoms with E-state index in [1.807, 2.05) is 60.1 Å². The van der Waals surface area contributed by atoms with E-state index < -0.39 is 60.2 Å². The Morgan fingerprint density at radius 3 is 2.42 bits per heavy atom. The molecule has 5 heterocycles. The molecule has 3 aromatic heterocycles. The van der Waals surface area contributed by atoms with E-state index >= 15 is 0 Å². The Morgan fingerprint density at radius 1 is 0.895 bits per heavy atom. The summed E-state index contributed by atoms with van der Waals surface area (Å²) in [7, 11) is 1.65. The van der Waals surface area contributed by atoms with Gasteiger partial charge in [0.1, 0.15) is 30.7 Å². The number of carbonyl (C=O) groups excluding carboxylic acids is 3. The first-order valence-corrected chi connectivity index (χ1v) is 29.6. The number of fused-ring (bicyclic) bond motifs is 2. The summed E-state index contributed by atoms with van der Waals surface area (Å²) in [5.74, 6) is -3.25. The molecule has 6 aromatic rings. The molecule has 24 heteroatoms. The summed E-state index contributed by atoms with van der Waals surface area (Å²) in [5, 5.41) is 62.2. The lowest BCUT2D eigenvalue weighted by Crippen LogP contribution is -2.64. The Morgan fingerprint density at radius 2 is 1.67 bits per heavy atom. The van der Waals surface area contributed by atoms with E-state index in [0.717, 1.165) is 78.5 Å². The largest absolute Gasteiger partial charge is 0.479 e. The first kappa shape index (κ1) is 59.9. The van der Waals surface area contributed by atoms with Crippen LogP contribution in [0.25, 0.3) is 38.7 Å². The number of nitrogens with zero attached hydrogens (tertiary/aromatic N) is 6. The Bertz CT molecular complexity index is 3590. The predicted molar refractivity (Wildman–Crippen MR) is 319 cm³/mol. The van der Waals surface area contributed by atoms with Gasteiger partial charge in [-0.1, -0.05) is 61.6 Å². The average molecular weight is 1200 g/mol. The lowest BCUT2D eigenvalue weighted by Gasteiger charge is -2.69. The number of aliphatic hydroxyl groups is 3. The quantitative estimate of drug-likeness (QED) is 0.0385. The van der Waals surface area contributed by atoms with Gasteiger partial charge in [-0.15, -0.1) is 0 Å². The molecule has 12 rings (SSSR count). The normalized spacial score (nSPS) is 26.6. The number of ether oxygens (including phenoxy) is 4. The number of likely N-dealkylation sites (N-methyl/N-ethyl adjacent to an activating group) is 1. The van der Waals surface area contributed by atoms with Gasteiger partial charge in [-0.2, -0.15) is 5.10 Å². The summed E-state index contributed by atoms with van der Waals surface area (Å²) in [4.78, 5) is 76.9. The molecule has 3 aromatic carbocycles. The van der Waals surface area contributed by atoms with Crippen LogP contribution in [-0.4, -0.2) is 156 Å². The Kier molecular flexibility index (Phi) is 16.6. The fraction of sp³-hybridized carbons (Fsp3) is 0.452. The number of carboxylic acids is 2. The Labute approximate surface area is 499 Å². The van der Waals surface area contributed by atoms with Gasteiger partial charge < -0.3 is 60.4 Å². The Balaban J connectivity index is 0.720. The predicted octanol–water partition coefficient (Wildman–Crippen LogP) is 7.69. The number of hydrogen-bond donors (Lipinski definition) is 8. The van der Waals surface area contributed by atoms with Crippen molar-refractivity contribution >= 4 is 74.1 Å². The van der Waals surface area contributed by atoms with Gasteiger partial charge in [0.2, 0.25) is 12.2 Å². The number of aryl methyl sites for hydroxylation is 1. The maximum absolute atomic E-state index is 13.8. The minimum Gasteiger partial charge on any atom is -0.479 e. The Hall–Kier alpha value is -7.84. The smallest absolute Gasteiger partial charge is 0.409 e. The van der Waals surface area contributed by atoms with Crippen LogP contribution in [0.15, 0.2) is 85.1 Å². The highest BCUT2D eigenvalue weighted by atomic mass is 32.1. The fourth-order valence-corrected chi connectivity index (χ4v) is 15.6. The van der Waals surface area contributed by atoms with Crippen LogP contribution >= 0.6 is 11.3 Å². The van der Waals surface area contributed by atoms with Crippen LogP contribution in [0, 0.1) is 23.2 Å². The number of para-hydroxylation sites is 1. The van der Waals surface area contributed by atoms with Crippen LogP contribution in [0.4, 0.5) is 26.1 Å². The molecule has 9 N–H and O–H groups in total. The number of nitrogens with two attached hydrogens (primary N) is 1. The fourth-order valence-electron chi connectivity index (χ4n) is 14.7. The van der Waals surface area contributed by atoms with Gasteiger partial charge in [-0.05, 0) is 134 Å². The average Bonchev–Trinajstić information content (AvgIpc) is 0.752. The molecule has 0 radical (unpaired) electrons. The van der Waals surface area contributed by atoms with E-state index in [4.69, 9.17) is 34.8 Å². The second kappa shape index (κ2) is 23.8. The van der Waals surface area contributed by atoms with Crippen molar-refractivity contribution in [3.8, 4) is 28.1 Å². The molecule has 23 nitrogen and oxygen atoms in total. The summed E-state index contributed by atoms with van der Waals surface area (Å²) in [6.45, 7) is 8.32. The number of pyridine rings is 1. The lowest BCUT2D eigenvalue weighted by molar-refractivity contribution is -0.271. The number of aliphatic hydroxyl groups excluding tert-OH is 3. The van der Waals surface area contributed by atoms with Gasteiger partial charge in [0, 0.05) is 67.7 Å². The van der Waals surface area contributed by atoms with Crippen LogP contribution < -0.4 is 26.0 Å². The van der Waals surface area contributed by atoms with Crippen molar-refractivity contribution in [3.05, 3.63) is 108 Å². The van der Waals surface area contributed by atoms with Crippen molar-refractivity contribution in [1.82, 2.24) is 24.6 Å². The van der Waals surface area contributed by atoms with Gasteiger partial charge >= 0.3 is 24.1 Å². The molecule has 1 saturated heterocycles. The number of carbonyl (C=O) groups is 5. The summed E-state index contributed by atoms with van der Waals surface area (Å²) < 4.78 is 26.5. The second-order valence-corrected chi connectivity index (χ2v) is 25.6. The van der Waals surface area contributed by atoms with E-state index in [-0.39, 0.29) is 72.1 Å². The van der Waals surface area contributed by atoms with E-state index in [1.54, 1.807) is 42.4 Å². The van der Waals surface area contributed by atoms with Gasteiger partial charge in [-0.25, -0.2) is 29.1 Å². The van der Waals surface area contributed by atoms with Crippen LogP contribution in [-0.2, 0) is 36.8 Å². The number of nitrogens with one attached hydrogen (secondary N) is 2. The van der Waals surface area contributed by atoms with Crippen LogP contribution in [0.2, 0.25) is 0 Å². The van der Waals surface area contributed by atoms with Gasteiger partial charge in [0.05, 0.1) is 40.0 Å². The number of thiazole rings is 1. The number of hydrogen-bond acceptors (Lipinski definition) is 17. The minimum absolute atomic E-state index is 0.00479. The second-order valence-electron chi connectivity index (χ2n) is 24.5. The standard InChI is InChI=1S/C62H71N9O14S/c1-35-40(39-16-17-41(66-48(39)53(76)77)38-15-14-37-10-7-21-70(44(37)26-38)57(80)68-56-67-42-11-5-6-12-46(42)86-56)27-64-71(35)34-61-29-59(2)28-60(3,30-61)32-62(31-59,33-61)83-24-22-69(4)58(81)82-23-8-9-36-13-18-45(43(25-36)65-47(72)19-20-63)84-55-51(75)49(73)50(74)52(85-55)54(78)79/h5-6,8-9,11-18,25-27,49-52,55,73-75H,7,10,19-24,28-34,63H2,1-4H3,(H,65,72)(H,76,77)(H,78,79)(H,67,68,80)/t49-,50-,51+,52-,55+,59?,60?,61?,62?/m0/s1. The number of aromatic carboxylic acids is 1. The molecule has 7 atom stereocenters. The molecule has 0 spiro atoms. The van der Waals surface area contributed by atoms with E-state index in [2.05, 4.69) is 29.5 Å². The third-order valence-corrected chi connectivity index (χ3v) is 18.3. The summed E-state index contributed by atoms with van der Waals surface area (Å²) in [5.41, 5.74) is 11.2. The van der Waals surface area contributed by atoms with Crippen molar-refractivity contribution in [2.24, 2.45) is 22.0 Å². The van der Waals surface area contributed by atoms with Crippen LogP contribution in [0.5, 0.6) is 5.75 Å². The highest BCUT2D eigenvalue weighted by molar-refractivity contribution is 7.22. The lowest BCUT2D eigenvalue weighted by atomic mass is 9.39. The summed E-state index contributed by atoms with van der Waals surface area (Å²) >= 11 is 1.41. The molecule has 2 aliphatic heterocycles. The van der Waals surface area contributed by atoms with E-state index in [9.17, 15) is 49.5 Å². The molecule has 454 valence electrons. The maximum Gasteiger partial charge on any atom is 0.409 e. The molecule has 4 bridgehead atoms. The molecule has 4 amide bonds. The highest BCUT2D eigenvalue weighted by Crippen LogP contribution is 2.72. The SMILES string of the molecule is Cc1c(-c2ccc(-c3ccc4c(c3)N(C(=O)Nc3nc5ccccc5s3)CCC4)nc2C(=O)O)cnn1CC12CC3(C)CC(C)(C1)CC(OCCN(C)C(=O)OCC=Cc1ccc(O[C@@H]4O[C@H](C(=O)O)[C@@H](O)[C@H](O)[C@H]4O)c(NC(=O)CCN)c1)(C3)C2. The number of benzene rings is 3.